The van der Waals surface area contributed by atoms with Gasteiger partial charge in [-0.15, -0.1) is 0 Å². The van der Waals surface area contributed by atoms with Crippen molar-refractivity contribution in [3.05, 3.63) is 28.8 Å². The zero-order chi connectivity index (χ0) is 14.7. The Bertz CT molecular complexity index is 497. The monoisotopic (exact) mass is 275 g/mol. The second kappa shape index (κ2) is 6.27. The Kier molecular flexibility index (Phi) is 4.65. The SMILES string of the molecule is Cc1cc(C)c2c(c1)N(CCNCC(C)C)CNC2=O. The summed E-state index contributed by atoms with van der Waals surface area (Å²) in [6.07, 6.45) is 0. The van der Waals surface area contributed by atoms with Crippen LogP contribution in [0.25, 0.3) is 0 Å². The molecule has 20 heavy (non-hydrogen) atoms. The van der Waals surface area contributed by atoms with Crippen molar-refractivity contribution in [3.63, 3.8) is 0 Å². The number of aryl methyl sites for hydroxylation is 2. The van der Waals surface area contributed by atoms with Crippen molar-refractivity contribution < 1.29 is 4.79 Å². The van der Waals surface area contributed by atoms with Crippen LogP contribution in [0.4, 0.5) is 5.69 Å². The minimum Gasteiger partial charge on any atom is -0.352 e. The van der Waals surface area contributed by atoms with E-state index in [0.717, 1.165) is 36.4 Å². The summed E-state index contributed by atoms with van der Waals surface area (Å²) in [6.45, 7) is 12.0. The number of carbonyl (C=O) groups is 1. The molecule has 1 aliphatic heterocycles. The summed E-state index contributed by atoms with van der Waals surface area (Å²) >= 11 is 0. The smallest absolute Gasteiger partial charge is 0.255 e. The number of anilines is 1. The number of nitrogens with zero attached hydrogens (tertiary/aromatic N) is 1. The molecule has 0 saturated heterocycles. The van der Waals surface area contributed by atoms with Gasteiger partial charge in [0.2, 0.25) is 0 Å². The summed E-state index contributed by atoms with van der Waals surface area (Å²) in [5, 5.41) is 6.41. The van der Waals surface area contributed by atoms with Gasteiger partial charge in [-0.25, -0.2) is 0 Å². The second-order valence-corrected chi connectivity index (χ2v) is 6.00. The van der Waals surface area contributed by atoms with Gasteiger partial charge in [0.25, 0.3) is 5.91 Å². The number of benzene rings is 1. The van der Waals surface area contributed by atoms with E-state index in [9.17, 15) is 4.79 Å². The van der Waals surface area contributed by atoms with E-state index in [1.165, 1.54) is 5.56 Å². The fourth-order valence-corrected chi connectivity index (χ4v) is 2.64. The van der Waals surface area contributed by atoms with E-state index >= 15 is 0 Å². The number of rotatable bonds is 5. The molecule has 1 heterocycles. The van der Waals surface area contributed by atoms with E-state index in [1.54, 1.807) is 0 Å². The summed E-state index contributed by atoms with van der Waals surface area (Å²) in [6, 6.07) is 4.18. The topological polar surface area (TPSA) is 44.4 Å². The average molecular weight is 275 g/mol. The van der Waals surface area contributed by atoms with Gasteiger partial charge in [0.1, 0.15) is 0 Å². The molecule has 0 aliphatic carbocycles. The molecule has 0 atom stereocenters. The first-order valence-corrected chi connectivity index (χ1v) is 7.34. The van der Waals surface area contributed by atoms with Gasteiger partial charge in [0.15, 0.2) is 0 Å². The first-order chi connectivity index (χ1) is 9.49. The van der Waals surface area contributed by atoms with Crippen LogP contribution in [0.15, 0.2) is 12.1 Å². The van der Waals surface area contributed by atoms with E-state index in [4.69, 9.17) is 0 Å². The molecule has 4 heteroatoms. The van der Waals surface area contributed by atoms with Crippen molar-refractivity contribution in [2.24, 2.45) is 5.92 Å². The summed E-state index contributed by atoms with van der Waals surface area (Å²) in [7, 11) is 0. The molecule has 0 spiro atoms. The first kappa shape index (κ1) is 14.9. The average Bonchev–Trinajstić information content (AvgIpc) is 2.35. The molecule has 1 aliphatic rings. The normalized spacial score (nSPS) is 14.4. The minimum atomic E-state index is 0.0453. The molecule has 1 amide bonds. The highest BCUT2D eigenvalue weighted by Gasteiger charge is 2.24. The van der Waals surface area contributed by atoms with Gasteiger partial charge < -0.3 is 15.5 Å². The Morgan fingerprint density at radius 1 is 1.35 bits per heavy atom. The van der Waals surface area contributed by atoms with Gasteiger partial charge in [-0.05, 0) is 43.5 Å². The first-order valence-electron chi connectivity index (χ1n) is 7.34. The molecule has 0 radical (unpaired) electrons. The van der Waals surface area contributed by atoms with Crippen LogP contribution in [-0.4, -0.2) is 32.2 Å². The molecule has 0 unspecified atom stereocenters. The van der Waals surface area contributed by atoms with Crippen LogP contribution in [0, 0.1) is 19.8 Å². The summed E-state index contributed by atoms with van der Waals surface area (Å²) in [5.41, 5.74) is 4.15. The molecule has 0 bridgehead atoms. The molecule has 4 nitrogen and oxygen atoms in total. The maximum absolute atomic E-state index is 12.0. The van der Waals surface area contributed by atoms with E-state index in [0.29, 0.717) is 12.6 Å². The van der Waals surface area contributed by atoms with Crippen LogP contribution < -0.4 is 15.5 Å². The molecule has 110 valence electrons. The van der Waals surface area contributed by atoms with Gasteiger partial charge in [-0.1, -0.05) is 19.9 Å². The van der Waals surface area contributed by atoms with Crippen molar-refractivity contribution in [3.8, 4) is 0 Å². The Hall–Kier alpha value is -1.55. The Morgan fingerprint density at radius 3 is 2.80 bits per heavy atom. The van der Waals surface area contributed by atoms with Crippen LogP contribution in [0.2, 0.25) is 0 Å². The van der Waals surface area contributed by atoms with Gasteiger partial charge >= 0.3 is 0 Å². The Morgan fingerprint density at radius 2 is 2.10 bits per heavy atom. The molecular weight excluding hydrogens is 250 g/mol. The maximum atomic E-state index is 12.0. The molecular formula is C16H25N3O. The standard InChI is InChI=1S/C16H25N3O/c1-11(2)9-17-5-6-19-10-18-16(20)15-13(4)7-12(3)8-14(15)19/h7-8,11,17H,5-6,9-10H2,1-4H3,(H,18,20). The number of amides is 1. The van der Waals surface area contributed by atoms with Gasteiger partial charge in [-0.3, -0.25) is 4.79 Å². The van der Waals surface area contributed by atoms with Crippen molar-refractivity contribution in [2.45, 2.75) is 27.7 Å². The van der Waals surface area contributed by atoms with E-state index < -0.39 is 0 Å². The Balaban J connectivity index is 2.10. The molecule has 2 rings (SSSR count). The van der Waals surface area contributed by atoms with Gasteiger partial charge in [0, 0.05) is 13.1 Å². The van der Waals surface area contributed by atoms with E-state index in [2.05, 4.69) is 48.4 Å². The number of fused-ring (bicyclic) bond motifs is 1. The lowest BCUT2D eigenvalue weighted by Crippen LogP contribution is -2.46. The van der Waals surface area contributed by atoms with Crippen LogP contribution in [0.5, 0.6) is 0 Å². The highest BCUT2D eigenvalue weighted by atomic mass is 16.2. The quantitative estimate of drug-likeness (QED) is 0.809. The second-order valence-electron chi connectivity index (χ2n) is 6.00. The van der Waals surface area contributed by atoms with Crippen molar-refractivity contribution in [1.82, 2.24) is 10.6 Å². The number of carbonyl (C=O) groups excluding carboxylic acids is 1. The Labute approximate surface area is 121 Å². The zero-order valence-corrected chi connectivity index (χ0v) is 12.9. The summed E-state index contributed by atoms with van der Waals surface area (Å²) in [4.78, 5) is 14.3. The fourth-order valence-electron chi connectivity index (χ4n) is 2.64. The van der Waals surface area contributed by atoms with Crippen LogP contribution in [0.3, 0.4) is 0 Å². The number of hydrogen-bond donors (Lipinski definition) is 2. The number of nitrogens with one attached hydrogen (secondary N) is 2. The van der Waals surface area contributed by atoms with Gasteiger partial charge in [-0.2, -0.15) is 0 Å². The van der Waals surface area contributed by atoms with E-state index in [1.807, 2.05) is 6.92 Å². The van der Waals surface area contributed by atoms with E-state index in [-0.39, 0.29) is 5.91 Å². The molecule has 0 saturated carbocycles. The lowest BCUT2D eigenvalue weighted by atomic mass is 10.0. The zero-order valence-electron chi connectivity index (χ0n) is 12.9. The van der Waals surface area contributed by atoms with Crippen LogP contribution >= 0.6 is 0 Å². The highest BCUT2D eigenvalue weighted by molar-refractivity contribution is 6.03. The van der Waals surface area contributed by atoms with Crippen molar-refractivity contribution in [2.75, 3.05) is 31.2 Å². The molecule has 0 aromatic heterocycles. The van der Waals surface area contributed by atoms with Gasteiger partial charge in [0.05, 0.1) is 17.9 Å². The fraction of sp³-hybridized carbons (Fsp3) is 0.562. The third kappa shape index (κ3) is 3.31. The third-order valence-corrected chi connectivity index (χ3v) is 3.57. The molecule has 1 aromatic rings. The molecule has 1 aromatic carbocycles. The van der Waals surface area contributed by atoms with Crippen molar-refractivity contribution in [1.29, 1.82) is 0 Å². The predicted molar refractivity (Wildman–Crippen MR) is 83.3 cm³/mol. The molecule has 2 N–H and O–H groups in total. The summed E-state index contributed by atoms with van der Waals surface area (Å²) < 4.78 is 0. The van der Waals surface area contributed by atoms with Crippen LogP contribution in [-0.2, 0) is 0 Å². The number of hydrogen-bond acceptors (Lipinski definition) is 3. The lowest BCUT2D eigenvalue weighted by molar-refractivity contribution is 0.0947. The minimum absolute atomic E-state index is 0.0453. The predicted octanol–water partition coefficient (Wildman–Crippen LogP) is 2.06. The summed E-state index contributed by atoms with van der Waals surface area (Å²) in [5.74, 6) is 0.705. The lowest BCUT2D eigenvalue weighted by Gasteiger charge is -2.32. The van der Waals surface area contributed by atoms with Crippen molar-refractivity contribution >= 4 is 11.6 Å². The third-order valence-electron chi connectivity index (χ3n) is 3.57. The van der Waals surface area contributed by atoms with Crippen LogP contribution in [0.1, 0.15) is 35.3 Å². The maximum Gasteiger partial charge on any atom is 0.255 e. The molecule has 0 fully saturated rings. The largest absolute Gasteiger partial charge is 0.352 e. The highest BCUT2D eigenvalue weighted by Crippen LogP contribution is 2.27.